The molecule has 0 fully saturated rings. The first-order chi connectivity index (χ1) is 9.95. The van der Waals surface area contributed by atoms with Crippen molar-refractivity contribution in [1.82, 2.24) is 4.98 Å². The minimum atomic E-state index is -4.45. The van der Waals surface area contributed by atoms with Gasteiger partial charge < -0.3 is 4.74 Å². The fourth-order valence-electron chi connectivity index (χ4n) is 2.24. The molecule has 1 aromatic heterocycles. The molecule has 0 saturated heterocycles. The zero-order valence-electron chi connectivity index (χ0n) is 10.7. The Kier molecular flexibility index (Phi) is 3.16. The van der Waals surface area contributed by atoms with Gasteiger partial charge in [0.15, 0.2) is 5.78 Å². The second-order valence-corrected chi connectivity index (χ2v) is 4.70. The summed E-state index contributed by atoms with van der Waals surface area (Å²) in [5, 5.41) is 0. The van der Waals surface area contributed by atoms with Crippen LogP contribution in [-0.2, 0) is 6.18 Å². The van der Waals surface area contributed by atoms with Crippen LogP contribution in [0.3, 0.4) is 0 Å². The van der Waals surface area contributed by atoms with Crippen molar-refractivity contribution < 1.29 is 22.7 Å². The molecule has 2 aromatic rings. The normalized spacial score (nSPS) is 18.0. The first kappa shape index (κ1) is 13.6. The van der Waals surface area contributed by atoms with Gasteiger partial charge in [-0.2, -0.15) is 13.2 Å². The lowest BCUT2D eigenvalue weighted by Gasteiger charge is -2.25. The van der Waals surface area contributed by atoms with E-state index in [4.69, 9.17) is 4.74 Å². The predicted molar refractivity (Wildman–Crippen MR) is 68.0 cm³/mol. The third kappa shape index (κ3) is 2.61. The van der Waals surface area contributed by atoms with Crippen molar-refractivity contribution in [2.24, 2.45) is 0 Å². The SMILES string of the molecule is O=C1CC(c2cc(C(F)(F)F)ccn2)Oc2ccccc21. The molecule has 1 atom stereocenters. The number of nitrogens with zero attached hydrogens (tertiary/aromatic N) is 1. The van der Waals surface area contributed by atoms with Gasteiger partial charge in [-0.05, 0) is 24.3 Å². The number of hydrogen-bond donors (Lipinski definition) is 0. The van der Waals surface area contributed by atoms with Crippen molar-refractivity contribution in [2.45, 2.75) is 18.7 Å². The van der Waals surface area contributed by atoms with Gasteiger partial charge in [0.1, 0.15) is 11.9 Å². The lowest BCUT2D eigenvalue weighted by molar-refractivity contribution is -0.137. The molecular formula is C15H10F3NO2. The van der Waals surface area contributed by atoms with Gasteiger partial charge in [-0.25, -0.2) is 0 Å². The summed E-state index contributed by atoms with van der Waals surface area (Å²) >= 11 is 0. The standard InChI is InChI=1S/C15H10F3NO2/c16-15(17,18)9-5-6-19-11(7-9)14-8-12(20)10-3-1-2-4-13(10)21-14/h1-7,14H,8H2. The Morgan fingerprint density at radius 1 is 1.19 bits per heavy atom. The largest absolute Gasteiger partial charge is 0.483 e. The van der Waals surface area contributed by atoms with E-state index in [1.807, 2.05) is 0 Å². The Morgan fingerprint density at radius 2 is 1.95 bits per heavy atom. The van der Waals surface area contributed by atoms with Gasteiger partial charge in [-0.3, -0.25) is 9.78 Å². The summed E-state index contributed by atoms with van der Waals surface area (Å²) in [5.41, 5.74) is -0.254. The lowest BCUT2D eigenvalue weighted by Crippen LogP contribution is -2.21. The van der Waals surface area contributed by atoms with Crippen LogP contribution in [0.5, 0.6) is 5.75 Å². The third-order valence-electron chi connectivity index (χ3n) is 3.27. The number of Topliss-reactive ketones (excluding diaryl/α,β-unsaturated/α-hetero) is 1. The molecule has 2 heterocycles. The van der Waals surface area contributed by atoms with Gasteiger partial charge in [0.05, 0.1) is 23.2 Å². The average Bonchev–Trinajstić information content (AvgIpc) is 2.46. The molecule has 1 aromatic carbocycles. The molecule has 1 aliphatic heterocycles. The molecule has 1 unspecified atom stereocenters. The number of fused-ring (bicyclic) bond motifs is 1. The minimum Gasteiger partial charge on any atom is -0.483 e. The second kappa shape index (κ2) is 4.87. The fourth-order valence-corrected chi connectivity index (χ4v) is 2.24. The Labute approximate surface area is 118 Å². The van der Waals surface area contributed by atoms with Crippen molar-refractivity contribution in [3.8, 4) is 5.75 Å². The summed E-state index contributed by atoms with van der Waals surface area (Å²) in [6.45, 7) is 0. The first-order valence-electron chi connectivity index (χ1n) is 6.27. The van der Waals surface area contributed by atoms with Gasteiger partial charge in [0.25, 0.3) is 0 Å². The Morgan fingerprint density at radius 3 is 2.71 bits per heavy atom. The third-order valence-corrected chi connectivity index (χ3v) is 3.27. The highest BCUT2D eigenvalue weighted by atomic mass is 19.4. The molecular weight excluding hydrogens is 283 g/mol. The quantitative estimate of drug-likeness (QED) is 0.802. The second-order valence-electron chi connectivity index (χ2n) is 4.70. The van der Waals surface area contributed by atoms with Crippen LogP contribution in [0.25, 0.3) is 0 Å². The van der Waals surface area contributed by atoms with Crippen LogP contribution in [0.15, 0.2) is 42.6 Å². The van der Waals surface area contributed by atoms with Crippen molar-refractivity contribution in [3.05, 3.63) is 59.4 Å². The van der Waals surface area contributed by atoms with Gasteiger partial charge in [-0.1, -0.05) is 12.1 Å². The number of rotatable bonds is 1. The highest BCUT2D eigenvalue weighted by molar-refractivity contribution is 5.99. The van der Waals surface area contributed by atoms with E-state index in [1.54, 1.807) is 24.3 Å². The molecule has 6 heteroatoms. The molecule has 108 valence electrons. The van der Waals surface area contributed by atoms with E-state index in [-0.39, 0.29) is 17.9 Å². The maximum absolute atomic E-state index is 12.7. The van der Waals surface area contributed by atoms with Crippen LogP contribution in [0.2, 0.25) is 0 Å². The predicted octanol–water partition coefficient (Wildman–Crippen LogP) is 3.81. The van der Waals surface area contributed by atoms with Gasteiger partial charge in [-0.15, -0.1) is 0 Å². The van der Waals surface area contributed by atoms with Crippen LogP contribution >= 0.6 is 0 Å². The number of hydrogen-bond acceptors (Lipinski definition) is 3. The fraction of sp³-hybridized carbons (Fsp3) is 0.200. The number of ketones is 1. The average molecular weight is 293 g/mol. The van der Waals surface area contributed by atoms with E-state index in [0.717, 1.165) is 18.3 Å². The molecule has 0 bridgehead atoms. The number of halogens is 3. The van der Waals surface area contributed by atoms with E-state index in [1.165, 1.54) is 0 Å². The van der Waals surface area contributed by atoms with Crippen LogP contribution in [0.1, 0.15) is 34.1 Å². The number of carbonyl (C=O) groups excluding carboxylic acids is 1. The number of carbonyl (C=O) groups is 1. The maximum atomic E-state index is 12.7. The molecule has 21 heavy (non-hydrogen) atoms. The summed E-state index contributed by atoms with van der Waals surface area (Å²) < 4.78 is 43.8. The lowest BCUT2D eigenvalue weighted by atomic mass is 9.98. The van der Waals surface area contributed by atoms with Crippen molar-refractivity contribution in [3.63, 3.8) is 0 Å². The van der Waals surface area contributed by atoms with E-state index >= 15 is 0 Å². The minimum absolute atomic E-state index is 0.0225. The van der Waals surface area contributed by atoms with E-state index in [0.29, 0.717) is 11.3 Å². The number of ether oxygens (including phenoxy) is 1. The molecule has 3 rings (SSSR count). The summed E-state index contributed by atoms with van der Waals surface area (Å²) in [7, 11) is 0. The summed E-state index contributed by atoms with van der Waals surface area (Å²) in [4.78, 5) is 15.9. The van der Waals surface area contributed by atoms with E-state index in [9.17, 15) is 18.0 Å². The molecule has 0 radical (unpaired) electrons. The topological polar surface area (TPSA) is 39.2 Å². The number of para-hydroxylation sites is 1. The maximum Gasteiger partial charge on any atom is 0.416 e. The molecule has 0 aliphatic carbocycles. The number of aromatic nitrogens is 1. The van der Waals surface area contributed by atoms with Crippen LogP contribution < -0.4 is 4.74 Å². The summed E-state index contributed by atoms with van der Waals surface area (Å²) in [6, 6.07) is 8.48. The highest BCUT2D eigenvalue weighted by Gasteiger charge is 2.33. The van der Waals surface area contributed by atoms with Gasteiger partial charge in [0.2, 0.25) is 0 Å². The van der Waals surface area contributed by atoms with E-state index in [2.05, 4.69) is 4.98 Å². The van der Waals surface area contributed by atoms with Crippen LogP contribution in [0, 0.1) is 0 Å². The summed E-state index contributed by atoms with van der Waals surface area (Å²) in [6.07, 6.45) is -4.19. The van der Waals surface area contributed by atoms with Crippen molar-refractivity contribution in [1.29, 1.82) is 0 Å². The molecule has 1 aliphatic rings. The molecule has 0 N–H and O–H groups in total. The monoisotopic (exact) mass is 293 g/mol. The van der Waals surface area contributed by atoms with Gasteiger partial charge in [0, 0.05) is 6.20 Å². The first-order valence-corrected chi connectivity index (χ1v) is 6.27. The summed E-state index contributed by atoms with van der Waals surface area (Å²) in [5.74, 6) is 0.207. The zero-order valence-corrected chi connectivity index (χ0v) is 10.7. The molecule has 0 saturated carbocycles. The van der Waals surface area contributed by atoms with Crippen molar-refractivity contribution in [2.75, 3.05) is 0 Å². The zero-order chi connectivity index (χ0) is 15.0. The Hall–Kier alpha value is -2.37. The van der Waals surface area contributed by atoms with Crippen LogP contribution in [0.4, 0.5) is 13.2 Å². The molecule has 0 amide bonds. The highest BCUT2D eigenvalue weighted by Crippen LogP contribution is 2.36. The Balaban J connectivity index is 1.95. The van der Waals surface area contributed by atoms with Crippen LogP contribution in [-0.4, -0.2) is 10.8 Å². The van der Waals surface area contributed by atoms with Crippen molar-refractivity contribution >= 4 is 5.78 Å². The molecule has 0 spiro atoms. The number of alkyl halides is 3. The number of pyridine rings is 1. The Bertz CT molecular complexity index is 697. The smallest absolute Gasteiger partial charge is 0.416 e. The molecule has 3 nitrogen and oxygen atoms in total. The number of benzene rings is 1. The van der Waals surface area contributed by atoms with Gasteiger partial charge >= 0.3 is 6.18 Å². The van der Waals surface area contributed by atoms with E-state index < -0.39 is 17.8 Å².